The van der Waals surface area contributed by atoms with Crippen LogP contribution in [-0.4, -0.2) is 37.3 Å². The highest BCUT2D eigenvalue weighted by Crippen LogP contribution is 2.39. The molecule has 0 saturated carbocycles. The first-order chi connectivity index (χ1) is 14.0. The zero-order chi connectivity index (χ0) is 20.8. The molecule has 7 nitrogen and oxygen atoms in total. The second-order valence-corrected chi connectivity index (χ2v) is 5.93. The van der Waals surface area contributed by atoms with E-state index in [2.05, 4.69) is 15.5 Å². The van der Waals surface area contributed by atoms with Crippen LogP contribution < -0.4 is 19.5 Å². The number of ether oxygens (including phenoxy) is 3. The summed E-state index contributed by atoms with van der Waals surface area (Å²) in [5.41, 5.74) is 2.23. The number of hydrogen-bond donors (Lipinski definition) is 2. The Hall–Kier alpha value is -3.81. The van der Waals surface area contributed by atoms with E-state index in [0.29, 0.717) is 39.9 Å². The van der Waals surface area contributed by atoms with E-state index < -0.39 is 0 Å². The maximum Gasteiger partial charge on any atom is 0.205 e. The molecule has 0 radical (unpaired) electrons. The fourth-order valence-electron chi connectivity index (χ4n) is 2.68. The SMILES string of the molecule is COc1cc(N/C=C\C(=O)c2cc(-c3ccc(F)cc3)n[nH]2)cc(OC)c1OC. The summed E-state index contributed by atoms with van der Waals surface area (Å²) < 4.78 is 28.9. The molecule has 0 bridgehead atoms. The molecular weight excluding hydrogens is 377 g/mol. The minimum atomic E-state index is -0.332. The minimum Gasteiger partial charge on any atom is -0.493 e. The van der Waals surface area contributed by atoms with E-state index in [1.807, 2.05) is 0 Å². The van der Waals surface area contributed by atoms with Crippen molar-refractivity contribution in [3.05, 3.63) is 66.3 Å². The number of aromatic nitrogens is 2. The van der Waals surface area contributed by atoms with Gasteiger partial charge in [0.1, 0.15) is 11.5 Å². The van der Waals surface area contributed by atoms with E-state index in [4.69, 9.17) is 14.2 Å². The van der Waals surface area contributed by atoms with Crippen LogP contribution in [0.2, 0.25) is 0 Å². The average Bonchev–Trinajstić information content (AvgIpc) is 3.23. The van der Waals surface area contributed by atoms with E-state index >= 15 is 0 Å². The zero-order valence-corrected chi connectivity index (χ0v) is 16.2. The topological polar surface area (TPSA) is 85.5 Å². The maximum absolute atomic E-state index is 13.0. The summed E-state index contributed by atoms with van der Waals surface area (Å²) in [4.78, 5) is 12.4. The highest BCUT2D eigenvalue weighted by atomic mass is 19.1. The van der Waals surface area contributed by atoms with Crippen LogP contribution in [0, 0.1) is 5.82 Å². The molecule has 0 aliphatic rings. The Kier molecular flexibility index (Phi) is 6.13. The lowest BCUT2D eigenvalue weighted by Crippen LogP contribution is -1.99. The van der Waals surface area contributed by atoms with Crippen LogP contribution in [-0.2, 0) is 0 Å². The molecule has 8 heteroatoms. The highest BCUT2D eigenvalue weighted by molar-refractivity contribution is 6.03. The molecule has 0 fully saturated rings. The molecule has 3 rings (SSSR count). The number of hydrogen-bond acceptors (Lipinski definition) is 6. The molecule has 0 spiro atoms. The molecule has 1 heterocycles. The lowest BCUT2D eigenvalue weighted by molar-refractivity contribution is 0.104. The molecule has 2 N–H and O–H groups in total. The van der Waals surface area contributed by atoms with Gasteiger partial charge in [-0.3, -0.25) is 9.89 Å². The first-order valence-corrected chi connectivity index (χ1v) is 8.64. The van der Waals surface area contributed by atoms with Crippen molar-refractivity contribution >= 4 is 11.5 Å². The van der Waals surface area contributed by atoms with E-state index in [-0.39, 0.29) is 11.6 Å². The Morgan fingerprint density at radius 2 is 1.69 bits per heavy atom. The quantitative estimate of drug-likeness (QED) is 0.441. The number of carbonyl (C=O) groups excluding carboxylic acids is 1. The van der Waals surface area contributed by atoms with E-state index in [0.717, 1.165) is 0 Å². The Morgan fingerprint density at radius 1 is 1.03 bits per heavy atom. The lowest BCUT2D eigenvalue weighted by atomic mass is 10.1. The van der Waals surface area contributed by atoms with Gasteiger partial charge in [0, 0.05) is 35.7 Å². The number of halogens is 1. The molecule has 0 saturated heterocycles. The van der Waals surface area contributed by atoms with Gasteiger partial charge in [-0.1, -0.05) is 0 Å². The number of H-pyrrole nitrogens is 1. The minimum absolute atomic E-state index is 0.272. The number of methoxy groups -OCH3 is 3. The average molecular weight is 397 g/mol. The van der Waals surface area contributed by atoms with Crippen molar-refractivity contribution in [2.75, 3.05) is 26.6 Å². The van der Waals surface area contributed by atoms with Crippen LogP contribution in [0.25, 0.3) is 11.3 Å². The zero-order valence-electron chi connectivity index (χ0n) is 16.2. The summed E-state index contributed by atoms with van der Waals surface area (Å²) in [5.74, 6) is 0.858. The predicted molar refractivity (Wildman–Crippen MR) is 107 cm³/mol. The molecule has 29 heavy (non-hydrogen) atoms. The summed E-state index contributed by atoms with van der Waals surface area (Å²) >= 11 is 0. The monoisotopic (exact) mass is 397 g/mol. The Balaban J connectivity index is 1.71. The first-order valence-electron chi connectivity index (χ1n) is 8.64. The van der Waals surface area contributed by atoms with Gasteiger partial charge in [-0.25, -0.2) is 4.39 Å². The number of anilines is 1. The number of nitrogens with one attached hydrogen (secondary N) is 2. The Bertz CT molecular complexity index is 1000. The van der Waals surface area contributed by atoms with Crippen molar-refractivity contribution in [1.29, 1.82) is 0 Å². The van der Waals surface area contributed by atoms with Crippen LogP contribution in [0.3, 0.4) is 0 Å². The van der Waals surface area contributed by atoms with Gasteiger partial charge in [-0.2, -0.15) is 5.10 Å². The van der Waals surface area contributed by atoms with Gasteiger partial charge in [-0.05, 0) is 30.3 Å². The summed E-state index contributed by atoms with van der Waals surface area (Å²) in [7, 11) is 4.57. The molecule has 1 aromatic heterocycles. The van der Waals surface area contributed by atoms with E-state index in [1.165, 1.54) is 45.7 Å². The third-order valence-corrected chi connectivity index (χ3v) is 4.13. The fourth-order valence-corrected chi connectivity index (χ4v) is 2.68. The molecular formula is C21H20FN3O4. The number of allylic oxidation sites excluding steroid dienone is 1. The second kappa shape index (κ2) is 8.92. The van der Waals surface area contributed by atoms with Crippen LogP contribution >= 0.6 is 0 Å². The molecule has 150 valence electrons. The largest absolute Gasteiger partial charge is 0.493 e. The predicted octanol–water partition coefficient (Wildman–Crippen LogP) is 4.05. The van der Waals surface area contributed by atoms with Crippen LogP contribution in [0.1, 0.15) is 10.5 Å². The van der Waals surface area contributed by atoms with Crippen molar-refractivity contribution in [3.63, 3.8) is 0 Å². The van der Waals surface area contributed by atoms with Gasteiger partial charge < -0.3 is 19.5 Å². The van der Waals surface area contributed by atoms with Crippen molar-refractivity contribution in [3.8, 4) is 28.5 Å². The molecule has 0 unspecified atom stereocenters. The van der Waals surface area contributed by atoms with Crippen LogP contribution in [0.5, 0.6) is 17.2 Å². The van der Waals surface area contributed by atoms with Gasteiger partial charge >= 0.3 is 0 Å². The summed E-state index contributed by atoms with van der Waals surface area (Å²) in [6.07, 6.45) is 2.87. The summed E-state index contributed by atoms with van der Waals surface area (Å²) in [6, 6.07) is 10.9. The molecule has 0 aliphatic carbocycles. The molecule has 3 aromatic rings. The number of rotatable bonds is 8. The maximum atomic E-state index is 13.0. The lowest BCUT2D eigenvalue weighted by Gasteiger charge is -2.13. The molecule has 0 atom stereocenters. The highest BCUT2D eigenvalue weighted by Gasteiger charge is 2.13. The van der Waals surface area contributed by atoms with Gasteiger partial charge in [0.2, 0.25) is 11.5 Å². The van der Waals surface area contributed by atoms with Crippen LogP contribution in [0.4, 0.5) is 10.1 Å². The van der Waals surface area contributed by atoms with Gasteiger partial charge in [0.15, 0.2) is 11.5 Å². The smallest absolute Gasteiger partial charge is 0.205 e. The number of carbonyl (C=O) groups is 1. The molecule has 0 amide bonds. The molecule has 0 aliphatic heterocycles. The van der Waals surface area contributed by atoms with Crippen molar-refractivity contribution < 1.29 is 23.4 Å². The van der Waals surface area contributed by atoms with Crippen molar-refractivity contribution in [2.24, 2.45) is 0 Å². The van der Waals surface area contributed by atoms with Crippen molar-refractivity contribution in [2.45, 2.75) is 0 Å². The van der Waals surface area contributed by atoms with Crippen LogP contribution in [0.15, 0.2) is 54.7 Å². The Labute approximate surface area is 167 Å². The standard InChI is InChI=1S/C21H20FN3O4/c1-27-19-10-15(11-20(28-2)21(19)29-3)23-9-8-18(26)17-12-16(24-25-17)13-4-6-14(22)7-5-13/h4-12,23H,1-3H3,(H,24,25)/b9-8-. The number of aromatic amines is 1. The fraction of sp³-hybridized carbons (Fsp3) is 0.143. The number of ketones is 1. The second-order valence-electron chi connectivity index (χ2n) is 5.93. The summed E-state index contributed by atoms with van der Waals surface area (Å²) in [6.45, 7) is 0. The third kappa shape index (κ3) is 4.55. The van der Waals surface area contributed by atoms with Gasteiger partial charge in [0.05, 0.1) is 27.0 Å². The van der Waals surface area contributed by atoms with Gasteiger partial charge in [0.25, 0.3) is 0 Å². The Morgan fingerprint density at radius 3 is 2.28 bits per heavy atom. The van der Waals surface area contributed by atoms with E-state index in [9.17, 15) is 9.18 Å². The van der Waals surface area contributed by atoms with E-state index in [1.54, 1.807) is 30.3 Å². The van der Waals surface area contributed by atoms with Crippen molar-refractivity contribution in [1.82, 2.24) is 10.2 Å². The van der Waals surface area contributed by atoms with Gasteiger partial charge in [-0.15, -0.1) is 0 Å². The normalized spacial score (nSPS) is 10.8. The number of benzene rings is 2. The first kappa shape index (κ1) is 19.9. The summed E-state index contributed by atoms with van der Waals surface area (Å²) in [5, 5.41) is 9.79. The third-order valence-electron chi connectivity index (χ3n) is 4.13. The molecule has 2 aromatic carbocycles. The number of nitrogens with zero attached hydrogens (tertiary/aromatic N) is 1.